The van der Waals surface area contributed by atoms with Crippen LogP contribution in [0.5, 0.6) is 0 Å². The zero-order valence-corrected chi connectivity index (χ0v) is 12.7. The molecule has 2 rings (SSSR count). The monoisotopic (exact) mass is 302 g/mol. The molecule has 2 amide bonds. The minimum Gasteiger partial charge on any atom is -0.387 e. The number of carbonyl (C=O) groups is 1. The smallest absolute Gasteiger partial charge is 0.314 e. The molecule has 5 nitrogen and oxygen atoms in total. The summed E-state index contributed by atoms with van der Waals surface area (Å²) in [6.07, 6.45) is -0.734. The van der Waals surface area contributed by atoms with E-state index in [4.69, 9.17) is 4.74 Å². The number of urea groups is 1. The van der Waals surface area contributed by atoms with Gasteiger partial charge < -0.3 is 20.5 Å². The normalized spacial score (nSPS) is 12.1. The molecule has 0 bridgehead atoms. The van der Waals surface area contributed by atoms with Crippen molar-refractivity contribution >= 4 is 16.8 Å². The zero-order chi connectivity index (χ0) is 15.8. The first-order valence-electron chi connectivity index (χ1n) is 7.47. The van der Waals surface area contributed by atoms with Crippen LogP contribution in [-0.2, 0) is 4.74 Å². The average molecular weight is 302 g/mol. The largest absolute Gasteiger partial charge is 0.387 e. The summed E-state index contributed by atoms with van der Waals surface area (Å²) in [5.74, 6) is 0. The van der Waals surface area contributed by atoms with E-state index in [0.717, 1.165) is 16.3 Å². The number of benzene rings is 2. The number of aliphatic hydroxyl groups excluding tert-OH is 1. The van der Waals surface area contributed by atoms with Crippen molar-refractivity contribution in [2.24, 2.45) is 0 Å². The highest BCUT2D eigenvalue weighted by Gasteiger charge is 2.09. The third-order valence-corrected chi connectivity index (χ3v) is 3.35. The number of fused-ring (bicyclic) bond motifs is 1. The Hall–Kier alpha value is -2.11. The minimum absolute atomic E-state index is 0.165. The van der Waals surface area contributed by atoms with Crippen molar-refractivity contribution in [2.45, 2.75) is 13.0 Å². The molecule has 2 aromatic rings. The lowest BCUT2D eigenvalue weighted by atomic mass is 10.0. The molecular formula is C17H22N2O3. The van der Waals surface area contributed by atoms with Gasteiger partial charge in [-0.3, -0.25) is 0 Å². The number of amides is 2. The molecule has 3 N–H and O–H groups in total. The van der Waals surface area contributed by atoms with Gasteiger partial charge in [0.15, 0.2) is 0 Å². The molecule has 0 aromatic heterocycles. The maximum atomic E-state index is 11.6. The molecule has 1 atom stereocenters. The fourth-order valence-electron chi connectivity index (χ4n) is 2.17. The van der Waals surface area contributed by atoms with Gasteiger partial charge in [0.1, 0.15) is 0 Å². The van der Waals surface area contributed by atoms with Crippen LogP contribution < -0.4 is 10.6 Å². The molecule has 22 heavy (non-hydrogen) atoms. The van der Waals surface area contributed by atoms with Crippen molar-refractivity contribution < 1.29 is 14.6 Å². The predicted octanol–water partition coefficient (Wildman–Crippen LogP) is 2.21. The highest BCUT2D eigenvalue weighted by atomic mass is 16.5. The number of aliphatic hydroxyl groups is 1. The van der Waals surface area contributed by atoms with Gasteiger partial charge in [0.25, 0.3) is 0 Å². The van der Waals surface area contributed by atoms with E-state index in [1.165, 1.54) is 0 Å². The van der Waals surface area contributed by atoms with Crippen LogP contribution in [0.2, 0.25) is 0 Å². The number of carbonyl (C=O) groups excluding carboxylic acids is 1. The van der Waals surface area contributed by atoms with Gasteiger partial charge in [0.05, 0.1) is 12.7 Å². The SMILES string of the molecule is CCOCCNC(=O)NCC(O)c1ccc2ccccc2c1. The van der Waals surface area contributed by atoms with Gasteiger partial charge >= 0.3 is 6.03 Å². The van der Waals surface area contributed by atoms with Gasteiger partial charge in [0, 0.05) is 19.7 Å². The summed E-state index contributed by atoms with van der Waals surface area (Å²) in [6.45, 7) is 3.63. The van der Waals surface area contributed by atoms with Crippen LogP contribution in [0.1, 0.15) is 18.6 Å². The Bertz CT molecular complexity index is 616. The lowest BCUT2D eigenvalue weighted by molar-refractivity contribution is 0.148. The molecule has 118 valence electrons. The highest BCUT2D eigenvalue weighted by molar-refractivity contribution is 5.83. The molecule has 0 heterocycles. The van der Waals surface area contributed by atoms with E-state index in [1.807, 2.05) is 49.4 Å². The first kappa shape index (κ1) is 16.3. The molecule has 0 aliphatic rings. The van der Waals surface area contributed by atoms with Gasteiger partial charge in [-0.2, -0.15) is 0 Å². The Morgan fingerprint density at radius 2 is 1.95 bits per heavy atom. The third kappa shape index (κ3) is 4.72. The molecule has 0 radical (unpaired) electrons. The topological polar surface area (TPSA) is 70.6 Å². The third-order valence-electron chi connectivity index (χ3n) is 3.35. The molecule has 0 spiro atoms. The number of nitrogens with one attached hydrogen (secondary N) is 2. The molecule has 2 aromatic carbocycles. The van der Waals surface area contributed by atoms with Crippen molar-refractivity contribution in [3.8, 4) is 0 Å². The van der Waals surface area contributed by atoms with Crippen molar-refractivity contribution in [2.75, 3.05) is 26.3 Å². The summed E-state index contributed by atoms with van der Waals surface area (Å²) in [5, 5.41) is 17.7. The molecule has 0 aliphatic carbocycles. The molecule has 0 saturated carbocycles. The Morgan fingerprint density at radius 3 is 2.73 bits per heavy atom. The van der Waals surface area contributed by atoms with Gasteiger partial charge in [-0.15, -0.1) is 0 Å². The van der Waals surface area contributed by atoms with Crippen LogP contribution in [-0.4, -0.2) is 37.4 Å². The first-order chi connectivity index (χ1) is 10.7. The van der Waals surface area contributed by atoms with Crippen molar-refractivity contribution in [1.29, 1.82) is 0 Å². The fraction of sp³-hybridized carbons (Fsp3) is 0.353. The maximum Gasteiger partial charge on any atom is 0.314 e. The van der Waals surface area contributed by atoms with Gasteiger partial charge in [-0.25, -0.2) is 4.79 Å². The van der Waals surface area contributed by atoms with E-state index in [1.54, 1.807) is 0 Å². The maximum absolute atomic E-state index is 11.6. The van der Waals surface area contributed by atoms with Crippen LogP contribution in [0, 0.1) is 0 Å². The summed E-state index contributed by atoms with van der Waals surface area (Å²) < 4.78 is 5.13. The van der Waals surface area contributed by atoms with Gasteiger partial charge in [-0.05, 0) is 29.3 Å². The van der Waals surface area contributed by atoms with E-state index in [0.29, 0.717) is 19.8 Å². The van der Waals surface area contributed by atoms with Crippen molar-refractivity contribution in [3.63, 3.8) is 0 Å². The summed E-state index contributed by atoms with van der Waals surface area (Å²) in [5.41, 5.74) is 0.785. The predicted molar refractivity (Wildman–Crippen MR) is 86.8 cm³/mol. The fourth-order valence-corrected chi connectivity index (χ4v) is 2.17. The number of hydrogen-bond donors (Lipinski definition) is 3. The Kier molecular flexibility index (Phi) is 6.18. The molecule has 0 fully saturated rings. The first-order valence-corrected chi connectivity index (χ1v) is 7.47. The van der Waals surface area contributed by atoms with Gasteiger partial charge in [0.2, 0.25) is 0 Å². The second kappa shape index (κ2) is 8.36. The zero-order valence-electron chi connectivity index (χ0n) is 12.7. The van der Waals surface area contributed by atoms with Gasteiger partial charge in [-0.1, -0.05) is 36.4 Å². The standard InChI is InChI=1S/C17H22N2O3/c1-2-22-10-9-18-17(21)19-12-16(20)15-8-7-13-5-3-4-6-14(13)11-15/h3-8,11,16,20H,2,9-10,12H2,1H3,(H2,18,19,21). The van der Waals surface area contributed by atoms with E-state index in [9.17, 15) is 9.90 Å². The molecule has 1 unspecified atom stereocenters. The van der Waals surface area contributed by atoms with Crippen molar-refractivity contribution in [3.05, 3.63) is 48.0 Å². The van der Waals surface area contributed by atoms with E-state index in [-0.39, 0.29) is 12.6 Å². The lowest BCUT2D eigenvalue weighted by Crippen LogP contribution is -2.39. The molecular weight excluding hydrogens is 280 g/mol. The van der Waals surface area contributed by atoms with Crippen molar-refractivity contribution in [1.82, 2.24) is 10.6 Å². The molecule has 0 aliphatic heterocycles. The summed E-state index contributed by atoms with van der Waals surface area (Å²) >= 11 is 0. The second-order valence-electron chi connectivity index (χ2n) is 4.96. The quantitative estimate of drug-likeness (QED) is 0.687. The summed E-state index contributed by atoms with van der Waals surface area (Å²) in [6, 6.07) is 13.4. The Balaban J connectivity index is 1.83. The highest BCUT2D eigenvalue weighted by Crippen LogP contribution is 2.19. The molecule has 5 heteroatoms. The molecule has 0 saturated heterocycles. The van der Waals surface area contributed by atoms with Crippen LogP contribution >= 0.6 is 0 Å². The van der Waals surface area contributed by atoms with E-state index < -0.39 is 6.10 Å². The second-order valence-corrected chi connectivity index (χ2v) is 4.96. The van der Waals surface area contributed by atoms with E-state index in [2.05, 4.69) is 10.6 Å². The average Bonchev–Trinajstić information content (AvgIpc) is 2.56. The van der Waals surface area contributed by atoms with Crippen LogP contribution in [0.15, 0.2) is 42.5 Å². The van der Waals surface area contributed by atoms with Crippen LogP contribution in [0.3, 0.4) is 0 Å². The number of hydrogen-bond acceptors (Lipinski definition) is 3. The Morgan fingerprint density at radius 1 is 1.18 bits per heavy atom. The number of rotatable bonds is 7. The van der Waals surface area contributed by atoms with E-state index >= 15 is 0 Å². The Labute approximate surface area is 130 Å². The lowest BCUT2D eigenvalue weighted by Gasteiger charge is -2.13. The minimum atomic E-state index is -0.734. The summed E-state index contributed by atoms with van der Waals surface area (Å²) in [7, 11) is 0. The van der Waals surface area contributed by atoms with Crippen LogP contribution in [0.4, 0.5) is 4.79 Å². The summed E-state index contributed by atoms with van der Waals surface area (Å²) in [4.78, 5) is 11.6. The van der Waals surface area contributed by atoms with Crippen LogP contribution in [0.25, 0.3) is 10.8 Å². The number of ether oxygens (including phenoxy) is 1.